The standard InChI is InChI=1S/C25H30N4O3/c30-25(29-14-4-3-8-21(29)11-15-28-13-5-12-26-28)24-17-23(32-27-24)18-31-22-10-9-19-6-1-2-7-20(19)16-22/h5,9-10,12-13,16-17,21H,1-4,6-8,11,14-15,18H2. The van der Waals surface area contributed by atoms with Gasteiger partial charge in [-0.05, 0) is 80.7 Å². The molecule has 168 valence electrons. The molecule has 1 aliphatic carbocycles. The summed E-state index contributed by atoms with van der Waals surface area (Å²) < 4.78 is 13.3. The van der Waals surface area contributed by atoms with Gasteiger partial charge in [0, 0.05) is 37.6 Å². The summed E-state index contributed by atoms with van der Waals surface area (Å²) in [5, 5.41) is 8.33. The number of likely N-dealkylation sites (tertiary alicyclic amines) is 1. The third kappa shape index (κ3) is 4.71. The van der Waals surface area contributed by atoms with E-state index >= 15 is 0 Å². The highest BCUT2D eigenvalue weighted by Gasteiger charge is 2.29. The minimum Gasteiger partial charge on any atom is -0.486 e. The first-order valence-electron chi connectivity index (χ1n) is 11.7. The molecule has 1 amide bonds. The number of fused-ring (bicyclic) bond motifs is 1. The number of hydrogen-bond acceptors (Lipinski definition) is 5. The number of benzene rings is 1. The van der Waals surface area contributed by atoms with Crippen LogP contribution in [0.15, 0.2) is 47.2 Å². The molecular formula is C25H30N4O3. The lowest BCUT2D eigenvalue weighted by atomic mass is 9.92. The van der Waals surface area contributed by atoms with Gasteiger partial charge in [-0.1, -0.05) is 11.2 Å². The lowest BCUT2D eigenvalue weighted by molar-refractivity contribution is 0.0583. The first kappa shape index (κ1) is 20.8. The maximum Gasteiger partial charge on any atom is 0.276 e. The third-order valence-corrected chi connectivity index (χ3v) is 6.62. The van der Waals surface area contributed by atoms with Gasteiger partial charge < -0.3 is 14.2 Å². The molecule has 2 aliphatic rings. The van der Waals surface area contributed by atoms with Crippen molar-refractivity contribution in [2.24, 2.45) is 0 Å². The fraction of sp³-hybridized carbons (Fsp3) is 0.480. The summed E-state index contributed by atoms with van der Waals surface area (Å²) in [5.41, 5.74) is 3.17. The summed E-state index contributed by atoms with van der Waals surface area (Å²) in [7, 11) is 0. The van der Waals surface area contributed by atoms with Crippen LogP contribution in [-0.2, 0) is 26.0 Å². The van der Waals surface area contributed by atoms with Gasteiger partial charge in [-0.25, -0.2) is 0 Å². The molecule has 3 heterocycles. The number of piperidine rings is 1. The van der Waals surface area contributed by atoms with Crippen molar-refractivity contribution in [3.8, 4) is 5.75 Å². The summed E-state index contributed by atoms with van der Waals surface area (Å²) in [6.45, 7) is 1.83. The number of amides is 1. The van der Waals surface area contributed by atoms with Gasteiger partial charge in [0.2, 0.25) is 0 Å². The fourth-order valence-electron chi connectivity index (χ4n) is 4.87. The van der Waals surface area contributed by atoms with Gasteiger partial charge in [-0.3, -0.25) is 9.48 Å². The molecule has 0 N–H and O–H groups in total. The SMILES string of the molecule is O=C(c1cc(COc2ccc3c(c2)CCCC3)on1)N1CCCCC1CCn1cccn1. The zero-order valence-corrected chi connectivity index (χ0v) is 18.4. The molecule has 1 aromatic carbocycles. The smallest absolute Gasteiger partial charge is 0.276 e. The van der Waals surface area contributed by atoms with E-state index in [0.29, 0.717) is 11.5 Å². The minimum atomic E-state index is -0.0565. The van der Waals surface area contributed by atoms with Crippen molar-refractivity contribution in [1.82, 2.24) is 19.8 Å². The number of aryl methyl sites for hydroxylation is 3. The zero-order chi connectivity index (χ0) is 21.8. The summed E-state index contributed by atoms with van der Waals surface area (Å²) >= 11 is 0. The third-order valence-electron chi connectivity index (χ3n) is 6.62. The highest BCUT2D eigenvalue weighted by Crippen LogP contribution is 2.26. The maximum absolute atomic E-state index is 13.2. The van der Waals surface area contributed by atoms with Crippen molar-refractivity contribution >= 4 is 5.91 Å². The minimum absolute atomic E-state index is 0.0565. The Hall–Kier alpha value is -3.09. The second kappa shape index (κ2) is 9.59. The number of carbonyl (C=O) groups excluding carboxylic acids is 1. The maximum atomic E-state index is 13.2. The molecular weight excluding hydrogens is 404 g/mol. The number of hydrogen-bond donors (Lipinski definition) is 0. The van der Waals surface area contributed by atoms with Gasteiger partial charge in [0.1, 0.15) is 12.4 Å². The normalized spacial score (nSPS) is 18.4. The van der Waals surface area contributed by atoms with Crippen LogP contribution in [-0.4, -0.2) is 38.3 Å². The predicted octanol–water partition coefficient (Wildman–Crippen LogP) is 4.41. The van der Waals surface area contributed by atoms with Gasteiger partial charge in [-0.2, -0.15) is 5.10 Å². The summed E-state index contributed by atoms with van der Waals surface area (Å²) in [6, 6.07) is 10.2. The van der Waals surface area contributed by atoms with Crippen molar-refractivity contribution in [3.63, 3.8) is 0 Å². The van der Waals surface area contributed by atoms with E-state index in [1.165, 1.54) is 24.0 Å². The molecule has 5 rings (SSSR count). The van der Waals surface area contributed by atoms with E-state index in [-0.39, 0.29) is 18.6 Å². The van der Waals surface area contributed by atoms with E-state index < -0.39 is 0 Å². The largest absolute Gasteiger partial charge is 0.486 e. The van der Waals surface area contributed by atoms with Crippen LogP contribution < -0.4 is 4.74 Å². The van der Waals surface area contributed by atoms with Crippen LogP contribution in [0.5, 0.6) is 5.75 Å². The van der Waals surface area contributed by atoms with Gasteiger partial charge in [0.25, 0.3) is 5.91 Å². The Morgan fingerprint density at radius 3 is 2.91 bits per heavy atom. The van der Waals surface area contributed by atoms with E-state index in [0.717, 1.165) is 57.4 Å². The van der Waals surface area contributed by atoms with Gasteiger partial charge in [0.15, 0.2) is 11.5 Å². The molecule has 7 heteroatoms. The lowest BCUT2D eigenvalue weighted by Crippen LogP contribution is -2.44. The molecule has 0 spiro atoms. The Bertz CT molecular complexity index is 1040. The Balaban J connectivity index is 1.20. The van der Waals surface area contributed by atoms with E-state index in [9.17, 15) is 4.79 Å². The van der Waals surface area contributed by atoms with Crippen LogP contribution in [0.25, 0.3) is 0 Å². The number of nitrogens with zero attached hydrogens (tertiary/aromatic N) is 4. The highest BCUT2D eigenvalue weighted by atomic mass is 16.5. The predicted molar refractivity (Wildman–Crippen MR) is 119 cm³/mol. The molecule has 7 nitrogen and oxygen atoms in total. The quantitative estimate of drug-likeness (QED) is 0.551. The number of aromatic nitrogens is 3. The Labute approximate surface area is 188 Å². The van der Waals surface area contributed by atoms with Gasteiger partial charge in [0.05, 0.1) is 0 Å². The lowest BCUT2D eigenvalue weighted by Gasteiger charge is -2.35. The van der Waals surface area contributed by atoms with Crippen molar-refractivity contribution < 1.29 is 14.1 Å². The van der Waals surface area contributed by atoms with Crippen molar-refractivity contribution in [3.05, 3.63) is 65.3 Å². The van der Waals surface area contributed by atoms with Crippen LogP contribution >= 0.6 is 0 Å². The molecule has 0 bridgehead atoms. The summed E-state index contributed by atoms with van der Waals surface area (Å²) in [5.74, 6) is 1.35. The monoisotopic (exact) mass is 434 g/mol. The highest BCUT2D eigenvalue weighted by molar-refractivity contribution is 5.92. The van der Waals surface area contributed by atoms with Crippen LogP contribution in [0.1, 0.15) is 65.9 Å². The van der Waals surface area contributed by atoms with E-state index in [2.05, 4.69) is 22.4 Å². The summed E-state index contributed by atoms with van der Waals surface area (Å²) in [4.78, 5) is 15.1. The number of rotatable bonds is 7. The van der Waals surface area contributed by atoms with Crippen LogP contribution in [0, 0.1) is 0 Å². The second-order valence-electron chi connectivity index (χ2n) is 8.81. The first-order chi connectivity index (χ1) is 15.8. The Morgan fingerprint density at radius 2 is 2.03 bits per heavy atom. The van der Waals surface area contributed by atoms with Gasteiger partial charge in [-0.15, -0.1) is 0 Å². The first-order valence-corrected chi connectivity index (χ1v) is 11.7. The molecule has 3 aromatic rings. The van der Waals surface area contributed by atoms with E-state index in [4.69, 9.17) is 9.26 Å². The summed E-state index contributed by atoms with van der Waals surface area (Å²) in [6.07, 6.45) is 12.6. The zero-order valence-electron chi connectivity index (χ0n) is 18.4. The van der Waals surface area contributed by atoms with Gasteiger partial charge >= 0.3 is 0 Å². The second-order valence-corrected chi connectivity index (χ2v) is 8.81. The molecule has 2 aromatic heterocycles. The molecule has 0 saturated carbocycles. The van der Waals surface area contributed by atoms with Crippen LogP contribution in [0.3, 0.4) is 0 Å². The van der Waals surface area contributed by atoms with Crippen LogP contribution in [0.2, 0.25) is 0 Å². The average Bonchev–Trinajstić information content (AvgIpc) is 3.53. The Morgan fingerprint density at radius 1 is 1.12 bits per heavy atom. The topological polar surface area (TPSA) is 73.4 Å². The average molecular weight is 435 g/mol. The molecule has 1 aliphatic heterocycles. The van der Waals surface area contributed by atoms with Crippen molar-refractivity contribution in [2.75, 3.05) is 6.54 Å². The molecule has 1 atom stereocenters. The van der Waals surface area contributed by atoms with E-state index in [1.807, 2.05) is 27.9 Å². The molecule has 1 fully saturated rings. The molecule has 1 saturated heterocycles. The van der Waals surface area contributed by atoms with E-state index in [1.54, 1.807) is 12.3 Å². The van der Waals surface area contributed by atoms with Crippen molar-refractivity contribution in [1.29, 1.82) is 0 Å². The molecule has 0 radical (unpaired) electrons. The molecule has 32 heavy (non-hydrogen) atoms. The van der Waals surface area contributed by atoms with Crippen molar-refractivity contribution in [2.45, 2.75) is 70.6 Å². The fourth-order valence-corrected chi connectivity index (χ4v) is 4.87. The van der Waals surface area contributed by atoms with Crippen LogP contribution in [0.4, 0.5) is 0 Å². The number of carbonyl (C=O) groups is 1. The molecule has 1 unspecified atom stereocenters. The number of ether oxygens (including phenoxy) is 1. The Kier molecular flexibility index (Phi) is 6.23.